The molecule has 1 aliphatic carbocycles. The molecule has 0 aromatic heterocycles. The molecular weight excluding hydrogens is 228 g/mol. The smallest absolute Gasteiger partial charge is 0.303 e. The summed E-state index contributed by atoms with van der Waals surface area (Å²) in [5.41, 5.74) is 0. The molecule has 1 saturated carbocycles. The molecule has 1 aliphatic rings. The fourth-order valence-electron chi connectivity index (χ4n) is 2.15. The van der Waals surface area contributed by atoms with Crippen LogP contribution in [0.3, 0.4) is 0 Å². The largest absolute Gasteiger partial charge is 0.481 e. The summed E-state index contributed by atoms with van der Waals surface area (Å²) in [4.78, 5) is 10.4. The van der Waals surface area contributed by atoms with Gasteiger partial charge in [0.15, 0.2) is 0 Å². The Kier molecular flexibility index (Phi) is 4.15. The van der Waals surface area contributed by atoms with Crippen molar-refractivity contribution in [1.29, 1.82) is 0 Å². The van der Waals surface area contributed by atoms with Gasteiger partial charge in [-0.25, -0.2) is 17.6 Å². The van der Waals surface area contributed by atoms with Gasteiger partial charge in [-0.2, -0.15) is 0 Å². The monoisotopic (exact) mass is 242 g/mol. The average molecular weight is 242 g/mol. The van der Waals surface area contributed by atoms with Crippen molar-refractivity contribution in [3.8, 4) is 0 Å². The van der Waals surface area contributed by atoms with E-state index in [1.54, 1.807) is 0 Å². The van der Waals surface area contributed by atoms with Gasteiger partial charge in [-0.3, -0.25) is 4.79 Å². The average Bonchev–Trinajstić information content (AvgIpc) is 2.14. The minimum atomic E-state index is -2.77. The summed E-state index contributed by atoms with van der Waals surface area (Å²) in [7, 11) is 0. The Morgan fingerprint density at radius 2 is 1.81 bits per heavy atom. The van der Waals surface area contributed by atoms with Crippen molar-refractivity contribution >= 4 is 5.97 Å². The third-order valence-corrected chi connectivity index (χ3v) is 3.10. The molecule has 0 radical (unpaired) electrons. The molecule has 0 bridgehead atoms. The lowest BCUT2D eigenvalue weighted by Crippen LogP contribution is -2.32. The number of carboxylic acids is 1. The summed E-state index contributed by atoms with van der Waals surface area (Å²) >= 11 is 0. The number of hydrogen-bond acceptors (Lipinski definition) is 1. The minimum Gasteiger partial charge on any atom is -0.481 e. The lowest BCUT2D eigenvalue weighted by molar-refractivity contribution is -0.141. The molecule has 0 saturated heterocycles. The molecule has 1 rings (SSSR count). The van der Waals surface area contributed by atoms with Crippen molar-refractivity contribution < 1.29 is 27.5 Å². The fourth-order valence-corrected chi connectivity index (χ4v) is 2.15. The SMILES string of the molecule is O=C(O)CC(C(F)F)C1CCC(F)(F)CC1. The van der Waals surface area contributed by atoms with E-state index in [1.807, 2.05) is 0 Å². The third-order valence-electron chi connectivity index (χ3n) is 3.10. The Bertz CT molecular complexity index is 245. The molecule has 0 spiro atoms. The van der Waals surface area contributed by atoms with E-state index in [4.69, 9.17) is 5.11 Å². The molecule has 0 aliphatic heterocycles. The molecule has 1 N–H and O–H groups in total. The van der Waals surface area contributed by atoms with Gasteiger partial charge in [0.25, 0.3) is 0 Å². The zero-order chi connectivity index (χ0) is 12.3. The highest BCUT2D eigenvalue weighted by atomic mass is 19.3. The Labute approximate surface area is 90.6 Å². The summed E-state index contributed by atoms with van der Waals surface area (Å²) in [6.45, 7) is 0. The maximum atomic E-state index is 12.8. The van der Waals surface area contributed by atoms with Gasteiger partial charge in [0, 0.05) is 18.8 Å². The molecule has 0 aromatic rings. The highest BCUT2D eigenvalue weighted by molar-refractivity contribution is 5.67. The van der Waals surface area contributed by atoms with Crippen LogP contribution in [-0.4, -0.2) is 23.4 Å². The van der Waals surface area contributed by atoms with Crippen molar-refractivity contribution in [2.75, 3.05) is 0 Å². The number of carboxylic acid groups (broad SMARTS) is 1. The zero-order valence-corrected chi connectivity index (χ0v) is 8.63. The zero-order valence-electron chi connectivity index (χ0n) is 8.63. The van der Waals surface area contributed by atoms with Crippen molar-refractivity contribution in [1.82, 2.24) is 0 Å². The predicted molar refractivity (Wildman–Crippen MR) is 48.7 cm³/mol. The number of hydrogen-bond donors (Lipinski definition) is 1. The van der Waals surface area contributed by atoms with Gasteiger partial charge in [0.05, 0.1) is 6.42 Å². The first-order valence-corrected chi connectivity index (χ1v) is 5.19. The topological polar surface area (TPSA) is 37.3 Å². The Morgan fingerprint density at radius 1 is 1.31 bits per heavy atom. The number of aliphatic carboxylic acids is 1. The highest BCUT2D eigenvalue weighted by Crippen LogP contribution is 2.41. The molecule has 1 atom stereocenters. The molecule has 16 heavy (non-hydrogen) atoms. The van der Waals surface area contributed by atoms with Crippen LogP contribution in [-0.2, 0) is 4.79 Å². The fraction of sp³-hybridized carbons (Fsp3) is 0.900. The number of carbonyl (C=O) groups is 1. The van der Waals surface area contributed by atoms with Crippen LogP contribution >= 0.6 is 0 Å². The standard InChI is InChI=1S/C10H14F4O2/c11-9(12)7(5-8(15)16)6-1-3-10(13,14)4-2-6/h6-7,9H,1-5H2,(H,15,16). The lowest BCUT2D eigenvalue weighted by Gasteiger charge is -2.32. The summed E-state index contributed by atoms with van der Waals surface area (Å²) in [5, 5.41) is 8.48. The van der Waals surface area contributed by atoms with Crippen LogP contribution in [0.1, 0.15) is 32.1 Å². The van der Waals surface area contributed by atoms with Gasteiger partial charge in [-0.15, -0.1) is 0 Å². The van der Waals surface area contributed by atoms with E-state index in [1.165, 1.54) is 0 Å². The van der Waals surface area contributed by atoms with E-state index in [-0.39, 0.29) is 12.8 Å². The second-order valence-corrected chi connectivity index (χ2v) is 4.29. The van der Waals surface area contributed by atoms with Crippen LogP contribution in [0.2, 0.25) is 0 Å². The second-order valence-electron chi connectivity index (χ2n) is 4.29. The predicted octanol–water partition coefficient (Wildman–Crippen LogP) is 3.17. The van der Waals surface area contributed by atoms with Crippen molar-refractivity contribution in [2.45, 2.75) is 44.5 Å². The van der Waals surface area contributed by atoms with Gasteiger partial charge >= 0.3 is 5.97 Å². The van der Waals surface area contributed by atoms with Crippen LogP contribution in [0.15, 0.2) is 0 Å². The Hall–Kier alpha value is -0.810. The summed E-state index contributed by atoms with van der Waals surface area (Å²) in [6.07, 6.45) is -4.27. The van der Waals surface area contributed by atoms with E-state index in [0.29, 0.717) is 0 Å². The lowest BCUT2D eigenvalue weighted by atomic mass is 9.77. The summed E-state index contributed by atoms with van der Waals surface area (Å²) < 4.78 is 50.8. The molecule has 0 aromatic carbocycles. The second kappa shape index (κ2) is 5.01. The quantitative estimate of drug-likeness (QED) is 0.769. The van der Waals surface area contributed by atoms with E-state index in [0.717, 1.165) is 0 Å². The summed E-state index contributed by atoms with van der Waals surface area (Å²) in [6, 6.07) is 0. The van der Waals surface area contributed by atoms with E-state index >= 15 is 0 Å². The normalized spacial score (nSPS) is 23.3. The Balaban J connectivity index is 2.57. The first-order chi connectivity index (χ1) is 7.32. The number of alkyl halides is 4. The molecule has 2 nitrogen and oxygen atoms in total. The molecule has 0 amide bonds. The molecular formula is C10H14F4O2. The van der Waals surface area contributed by atoms with E-state index < -0.39 is 49.4 Å². The van der Waals surface area contributed by atoms with Crippen molar-refractivity contribution in [2.24, 2.45) is 11.8 Å². The van der Waals surface area contributed by atoms with Crippen LogP contribution in [0, 0.1) is 11.8 Å². The van der Waals surface area contributed by atoms with Crippen molar-refractivity contribution in [3.63, 3.8) is 0 Å². The summed E-state index contributed by atoms with van der Waals surface area (Å²) in [5.74, 6) is -5.97. The first-order valence-electron chi connectivity index (χ1n) is 5.19. The van der Waals surface area contributed by atoms with E-state index in [2.05, 4.69) is 0 Å². The third kappa shape index (κ3) is 3.64. The van der Waals surface area contributed by atoms with Crippen LogP contribution in [0.4, 0.5) is 17.6 Å². The van der Waals surface area contributed by atoms with Crippen LogP contribution in [0.5, 0.6) is 0 Å². The molecule has 94 valence electrons. The molecule has 6 heteroatoms. The first kappa shape index (κ1) is 13.3. The number of rotatable bonds is 4. The maximum Gasteiger partial charge on any atom is 0.303 e. The molecule has 0 heterocycles. The van der Waals surface area contributed by atoms with Crippen LogP contribution in [0.25, 0.3) is 0 Å². The molecule has 1 fully saturated rings. The minimum absolute atomic E-state index is 0.0186. The van der Waals surface area contributed by atoms with Crippen LogP contribution < -0.4 is 0 Å². The van der Waals surface area contributed by atoms with Crippen molar-refractivity contribution in [3.05, 3.63) is 0 Å². The van der Waals surface area contributed by atoms with E-state index in [9.17, 15) is 22.4 Å². The number of halogens is 4. The van der Waals surface area contributed by atoms with Gasteiger partial charge in [-0.05, 0) is 18.8 Å². The maximum absolute atomic E-state index is 12.8. The highest BCUT2D eigenvalue weighted by Gasteiger charge is 2.40. The Morgan fingerprint density at radius 3 is 2.19 bits per heavy atom. The van der Waals surface area contributed by atoms with Gasteiger partial charge < -0.3 is 5.11 Å². The van der Waals surface area contributed by atoms with Gasteiger partial charge in [0.2, 0.25) is 12.3 Å². The van der Waals surface area contributed by atoms with Gasteiger partial charge in [-0.1, -0.05) is 0 Å². The molecule has 1 unspecified atom stereocenters. The van der Waals surface area contributed by atoms with Gasteiger partial charge in [0.1, 0.15) is 0 Å².